The molecule has 0 bridgehead atoms. The molecule has 0 heterocycles. The molecule has 1 atom stereocenters. The number of primary amides is 1. The van der Waals surface area contributed by atoms with Crippen molar-refractivity contribution in [2.45, 2.75) is 19.3 Å². The largest absolute Gasteiger partial charge is 0.369 e. The quantitative estimate of drug-likeness (QED) is 0.114. The molecule has 0 saturated heterocycles. The minimum atomic E-state index is -1.86. The number of hydrogen-bond acceptors (Lipinski definition) is 2. The number of quaternary nitrogens is 1. The van der Waals surface area contributed by atoms with Crippen LogP contribution in [0.5, 0.6) is 0 Å². The topological polar surface area (TPSA) is 93.0 Å². The van der Waals surface area contributed by atoms with Gasteiger partial charge in [0, 0.05) is 6.42 Å². The van der Waals surface area contributed by atoms with Crippen LogP contribution in [0.1, 0.15) is 19.3 Å². The fourth-order valence-corrected chi connectivity index (χ4v) is 8.81. The molecule has 5 nitrogen and oxygen atoms in total. The molecule has 0 radical (unpaired) electrons. The van der Waals surface area contributed by atoms with E-state index in [0.717, 1.165) is 19.0 Å². The second-order valence-electron chi connectivity index (χ2n) is 8.69. The Morgan fingerprint density at radius 2 is 1.18 bits per heavy atom. The third-order valence-corrected chi connectivity index (χ3v) is 10.9. The highest BCUT2D eigenvalue weighted by Gasteiger charge is 2.44. The molecule has 180 valence electrons. The lowest BCUT2D eigenvalue weighted by Gasteiger charge is -2.32. The van der Waals surface area contributed by atoms with Crippen molar-refractivity contribution in [3.05, 3.63) is 91.0 Å². The zero-order valence-electron chi connectivity index (χ0n) is 19.8. The van der Waals surface area contributed by atoms with Crippen LogP contribution in [0.15, 0.2) is 91.0 Å². The van der Waals surface area contributed by atoms with Crippen molar-refractivity contribution in [1.82, 2.24) is 0 Å². The number of carbonyl (C=O) groups is 1. The third kappa shape index (κ3) is 6.53. The second-order valence-corrected chi connectivity index (χ2v) is 12.3. The van der Waals surface area contributed by atoms with Crippen molar-refractivity contribution >= 4 is 52.0 Å². The second kappa shape index (κ2) is 12.8. The summed E-state index contributed by atoms with van der Waals surface area (Å²) in [6.45, 7) is 1.17. The zero-order valence-corrected chi connectivity index (χ0v) is 22.4. The summed E-state index contributed by atoms with van der Waals surface area (Å²) in [5.41, 5.74) is 11.3. The zero-order chi connectivity index (χ0) is 23.7. The predicted molar refractivity (Wildman–Crippen MR) is 151 cm³/mol. The molecule has 0 fully saturated rings. The summed E-state index contributed by atoms with van der Waals surface area (Å²) in [5, 5.41) is 12.2. The van der Waals surface area contributed by atoms with Crippen LogP contribution in [-0.4, -0.2) is 42.6 Å². The van der Waals surface area contributed by atoms with Crippen LogP contribution in [0, 0.1) is 5.41 Å². The summed E-state index contributed by atoms with van der Waals surface area (Å²) >= 11 is 0. The monoisotopic (exact) mass is 542 g/mol. The van der Waals surface area contributed by atoms with Gasteiger partial charge in [0.1, 0.15) is 23.2 Å². The molecule has 0 saturated carbocycles. The van der Waals surface area contributed by atoms with E-state index in [-0.39, 0.29) is 39.8 Å². The van der Waals surface area contributed by atoms with Crippen molar-refractivity contribution in [2.24, 2.45) is 11.5 Å². The minimum Gasteiger partial charge on any atom is -0.369 e. The fraction of sp³-hybridized carbons (Fsp3) is 0.259. The molecule has 0 aromatic heterocycles. The van der Waals surface area contributed by atoms with Gasteiger partial charge < -0.3 is 11.5 Å². The molecule has 7 heteroatoms. The van der Waals surface area contributed by atoms with Crippen molar-refractivity contribution in [3.63, 3.8) is 0 Å². The average Bonchev–Trinajstić information content (AvgIpc) is 2.84. The highest BCUT2D eigenvalue weighted by atomic mass is 79.9. The summed E-state index contributed by atoms with van der Waals surface area (Å²) in [5.74, 6) is -0.283. The summed E-state index contributed by atoms with van der Waals surface area (Å²) in [4.78, 5) is 11.3. The van der Waals surface area contributed by atoms with E-state index in [0.29, 0.717) is 13.1 Å². The molecule has 3 aromatic rings. The van der Waals surface area contributed by atoms with E-state index in [2.05, 4.69) is 91.0 Å². The highest BCUT2D eigenvalue weighted by Crippen LogP contribution is 2.55. The van der Waals surface area contributed by atoms with Gasteiger partial charge in [-0.15, -0.1) is 17.0 Å². The van der Waals surface area contributed by atoms with E-state index in [1.165, 1.54) is 15.9 Å². The molecule has 34 heavy (non-hydrogen) atoms. The molecule has 0 spiro atoms. The number of halogens is 1. The van der Waals surface area contributed by atoms with Gasteiger partial charge in [-0.05, 0) is 42.8 Å². The maximum absolute atomic E-state index is 11.3. The summed E-state index contributed by atoms with van der Waals surface area (Å²) in [7, 11) is 0.0599. The lowest BCUT2D eigenvalue weighted by atomic mass is 10.2. The van der Waals surface area contributed by atoms with E-state index in [1.807, 2.05) is 7.05 Å². The first-order valence-electron chi connectivity index (χ1n) is 11.4. The number of carbonyl (C=O) groups excluding carboxylic acids is 1. The molecule has 5 N–H and O–H groups in total. The molecule has 0 aliphatic heterocycles. The first-order valence-corrected chi connectivity index (χ1v) is 13.4. The normalized spacial score (nSPS) is 12.9. The maximum atomic E-state index is 11.3. The standard InChI is InChI=1S/C27H34N4OP.BrH/c1-31(27(29)30,21-19-26(28)32)20-11-12-22-33(23-13-5-2-6-14-23,24-15-7-3-8-16-24)25-17-9-4-10-18-25;/h2-10,13-18H,11-12,19-22H2,1H3,(H4-,28,29,30,32);1H/q+1;/p+1. The van der Waals surface area contributed by atoms with Gasteiger partial charge >= 0.3 is 0 Å². The minimum absolute atomic E-state index is 0. The lowest BCUT2D eigenvalue weighted by Crippen LogP contribution is -2.54. The van der Waals surface area contributed by atoms with Gasteiger partial charge in [-0.1, -0.05) is 54.6 Å². The Labute approximate surface area is 214 Å². The van der Waals surface area contributed by atoms with E-state index in [4.69, 9.17) is 16.9 Å². The van der Waals surface area contributed by atoms with Crippen molar-refractivity contribution in [3.8, 4) is 0 Å². The number of nitrogens with two attached hydrogens (primary N) is 2. The first-order chi connectivity index (χ1) is 15.9. The van der Waals surface area contributed by atoms with E-state index >= 15 is 0 Å². The van der Waals surface area contributed by atoms with Crippen LogP contribution in [0.25, 0.3) is 0 Å². The number of nitrogens with one attached hydrogen (secondary N) is 1. The van der Waals surface area contributed by atoms with Crippen LogP contribution >= 0.6 is 24.2 Å². The molecule has 1 unspecified atom stereocenters. The Hall–Kier alpha value is -2.53. The van der Waals surface area contributed by atoms with E-state index in [9.17, 15) is 4.79 Å². The van der Waals surface area contributed by atoms with E-state index in [1.54, 1.807) is 0 Å². The Kier molecular flexibility index (Phi) is 10.4. The Balaban J connectivity index is 0.00000408. The van der Waals surface area contributed by atoms with Crippen molar-refractivity contribution < 1.29 is 9.28 Å². The predicted octanol–water partition coefficient (Wildman–Crippen LogP) is 3.55. The van der Waals surface area contributed by atoms with Gasteiger partial charge in [-0.2, -0.15) is 0 Å². The first kappa shape index (κ1) is 27.7. The molecule has 1 amide bonds. The maximum Gasteiger partial charge on any atom is 0.291 e. The number of rotatable bonds is 11. The Morgan fingerprint density at radius 1 is 0.765 bits per heavy atom. The van der Waals surface area contributed by atoms with Gasteiger partial charge in [0.15, 0.2) is 0 Å². The number of benzene rings is 3. The molecule has 3 aromatic carbocycles. The number of amides is 1. The molecule has 0 aliphatic carbocycles. The Morgan fingerprint density at radius 3 is 1.53 bits per heavy atom. The Bertz CT molecular complexity index is 953. The third-order valence-electron chi connectivity index (χ3n) is 6.42. The molecule has 0 aliphatic rings. The number of unbranched alkanes of at least 4 members (excludes halogenated alkanes) is 1. The van der Waals surface area contributed by atoms with Crippen molar-refractivity contribution in [1.29, 1.82) is 5.41 Å². The lowest BCUT2D eigenvalue weighted by molar-refractivity contribution is -0.822. The molecular formula is C27H36BrN4OP+2. The van der Waals surface area contributed by atoms with Gasteiger partial charge in [-0.3, -0.25) is 9.28 Å². The fourth-order valence-electron chi connectivity index (χ4n) is 4.40. The number of hydrogen-bond donors (Lipinski definition) is 3. The molecule has 3 rings (SSSR count). The number of guanidine groups is 1. The van der Waals surface area contributed by atoms with Gasteiger partial charge in [0.2, 0.25) is 5.91 Å². The average molecular weight is 543 g/mol. The smallest absolute Gasteiger partial charge is 0.291 e. The van der Waals surface area contributed by atoms with Gasteiger partial charge in [0.25, 0.3) is 5.96 Å². The highest BCUT2D eigenvalue weighted by molar-refractivity contribution is 8.93. The van der Waals surface area contributed by atoms with E-state index < -0.39 is 7.26 Å². The molecular weight excluding hydrogens is 507 g/mol. The van der Waals surface area contributed by atoms with Crippen molar-refractivity contribution in [2.75, 3.05) is 26.3 Å². The summed E-state index contributed by atoms with van der Waals surface area (Å²) in [6, 6.07) is 32.5. The van der Waals surface area contributed by atoms with Crippen LogP contribution < -0.4 is 27.4 Å². The van der Waals surface area contributed by atoms with Gasteiger partial charge in [-0.25, -0.2) is 5.41 Å². The van der Waals surface area contributed by atoms with Crippen LogP contribution in [0.2, 0.25) is 0 Å². The van der Waals surface area contributed by atoms with Gasteiger partial charge in [0.05, 0.1) is 32.7 Å². The summed E-state index contributed by atoms with van der Waals surface area (Å²) in [6.07, 6.45) is 3.15. The van der Waals surface area contributed by atoms with Crippen LogP contribution in [0.3, 0.4) is 0 Å². The number of nitrogens with zero attached hydrogens (tertiary/aromatic N) is 1. The van der Waals surface area contributed by atoms with Crippen LogP contribution in [0.4, 0.5) is 0 Å². The van der Waals surface area contributed by atoms with Crippen LogP contribution in [-0.2, 0) is 4.79 Å². The summed E-state index contributed by atoms with van der Waals surface area (Å²) < 4.78 is 0.246. The SMILES string of the molecule is Br.C[N+](CCCC[P+](c1ccccc1)(c1ccccc1)c1ccccc1)(CCC(N)=O)C(=N)N.